The van der Waals surface area contributed by atoms with Crippen LogP contribution < -0.4 is 5.32 Å². The summed E-state index contributed by atoms with van der Waals surface area (Å²) in [7, 11) is 2.27. The quantitative estimate of drug-likeness (QED) is 0.768. The number of piperidine rings is 1. The molecule has 0 amide bonds. The summed E-state index contributed by atoms with van der Waals surface area (Å²) in [6.45, 7) is 0. The Balaban J connectivity index is 1.31. The molecule has 25 heavy (non-hydrogen) atoms. The van der Waals surface area contributed by atoms with Crippen LogP contribution in [-0.4, -0.2) is 45.0 Å². The maximum absolute atomic E-state index is 4.62. The molecular weight excluding hydrogens is 310 g/mol. The molecule has 5 rings (SSSR count). The molecule has 2 aliphatic heterocycles. The monoisotopic (exact) mass is 333 g/mol. The molecule has 5 heteroatoms. The summed E-state index contributed by atoms with van der Waals surface area (Å²) >= 11 is 0. The van der Waals surface area contributed by atoms with Crippen molar-refractivity contribution in [3.8, 4) is 11.3 Å². The van der Waals surface area contributed by atoms with Gasteiger partial charge in [-0.15, -0.1) is 0 Å². The molecule has 3 aromatic rings. The summed E-state index contributed by atoms with van der Waals surface area (Å²) in [5, 5.41) is 4.81. The molecule has 2 N–H and O–H groups in total. The van der Waals surface area contributed by atoms with Crippen LogP contribution in [0.2, 0.25) is 0 Å². The summed E-state index contributed by atoms with van der Waals surface area (Å²) in [4.78, 5) is 15.0. The van der Waals surface area contributed by atoms with Gasteiger partial charge in [0.05, 0.1) is 18.1 Å². The van der Waals surface area contributed by atoms with Crippen LogP contribution in [0.4, 0.5) is 5.82 Å². The Bertz CT molecular complexity index is 870. The lowest BCUT2D eigenvalue weighted by molar-refractivity contribution is 0.168. The van der Waals surface area contributed by atoms with Crippen molar-refractivity contribution in [2.24, 2.45) is 0 Å². The van der Waals surface area contributed by atoms with E-state index in [4.69, 9.17) is 0 Å². The average molecular weight is 333 g/mol. The van der Waals surface area contributed by atoms with Gasteiger partial charge in [-0.25, -0.2) is 4.98 Å². The number of benzene rings is 1. The number of rotatable bonds is 3. The summed E-state index contributed by atoms with van der Waals surface area (Å²) in [6.07, 6.45) is 10.8. The Labute approximate surface area is 147 Å². The van der Waals surface area contributed by atoms with Gasteiger partial charge in [-0.3, -0.25) is 4.98 Å². The smallest absolute Gasteiger partial charge is 0.144 e. The van der Waals surface area contributed by atoms with Gasteiger partial charge in [-0.2, -0.15) is 0 Å². The van der Waals surface area contributed by atoms with Crippen molar-refractivity contribution in [3.63, 3.8) is 0 Å². The fraction of sp³-hybridized carbons (Fsp3) is 0.400. The molecule has 2 saturated heterocycles. The van der Waals surface area contributed by atoms with Gasteiger partial charge in [-0.1, -0.05) is 12.1 Å². The molecular formula is C20H23N5. The molecule has 3 atom stereocenters. The Hall–Kier alpha value is -2.40. The van der Waals surface area contributed by atoms with Crippen LogP contribution in [0.5, 0.6) is 0 Å². The van der Waals surface area contributed by atoms with E-state index in [0.29, 0.717) is 6.04 Å². The maximum Gasteiger partial charge on any atom is 0.144 e. The highest BCUT2D eigenvalue weighted by Gasteiger charge is 2.38. The third-order valence-corrected chi connectivity index (χ3v) is 5.95. The van der Waals surface area contributed by atoms with Gasteiger partial charge in [0, 0.05) is 35.4 Å². The second-order valence-electron chi connectivity index (χ2n) is 7.43. The van der Waals surface area contributed by atoms with Gasteiger partial charge >= 0.3 is 0 Å². The predicted molar refractivity (Wildman–Crippen MR) is 101 cm³/mol. The summed E-state index contributed by atoms with van der Waals surface area (Å²) in [5.41, 5.74) is 3.13. The van der Waals surface area contributed by atoms with Crippen molar-refractivity contribution in [2.45, 2.75) is 43.8 Å². The normalized spacial score (nSPS) is 26.2. The minimum atomic E-state index is 0.518. The van der Waals surface area contributed by atoms with E-state index in [1.54, 1.807) is 0 Å². The van der Waals surface area contributed by atoms with Crippen LogP contribution in [0.25, 0.3) is 22.2 Å². The zero-order valence-electron chi connectivity index (χ0n) is 14.4. The number of aromatic nitrogens is 3. The van der Waals surface area contributed by atoms with Crippen molar-refractivity contribution >= 4 is 16.7 Å². The third kappa shape index (κ3) is 2.68. The molecule has 4 heterocycles. The van der Waals surface area contributed by atoms with Gasteiger partial charge in [0.25, 0.3) is 0 Å². The second-order valence-corrected chi connectivity index (χ2v) is 7.43. The summed E-state index contributed by atoms with van der Waals surface area (Å²) in [6, 6.07) is 10.4. The van der Waals surface area contributed by atoms with Gasteiger partial charge < -0.3 is 15.2 Å². The van der Waals surface area contributed by atoms with E-state index in [9.17, 15) is 0 Å². The SMILES string of the molecule is CN1[C@@H]2CC[C@H]1CC(Nc1cnc(-c3ccc4cc[nH]c4c3)cn1)C2. The highest BCUT2D eigenvalue weighted by molar-refractivity contribution is 5.84. The lowest BCUT2D eigenvalue weighted by Crippen LogP contribution is -2.44. The Kier molecular flexibility index (Phi) is 3.48. The molecule has 2 bridgehead atoms. The van der Waals surface area contributed by atoms with E-state index in [1.807, 2.05) is 18.6 Å². The van der Waals surface area contributed by atoms with Gasteiger partial charge in [0.1, 0.15) is 5.82 Å². The topological polar surface area (TPSA) is 56.8 Å². The number of hydrogen-bond donors (Lipinski definition) is 2. The lowest BCUT2D eigenvalue weighted by Gasteiger charge is -2.36. The van der Waals surface area contributed by atoms with Gasteiger partial charge in [-0.05, 0) is 50.2 Å². The minimum Gasteiger partial charge on any atom is -0.366 e. The van der Waals surface area contributed by atoms with E-state index in [2.05, 4.69) is 56.5 Å². The van der Waals surface area contributed by atoms with E-state index in [0.717, 1.165) is 34.7 Å². The molecule has 1 unspecified atom stereocenters. The Morgan fingerprint density at radius 2 is 1.92 bits per heavy atom. The number of hydrogen-bond acceptors (Lipinski definition) is 4. The predicted octanol–water partition coefficient (Wildman–Crippen LogP) is 3.66. The highest BCUT2D eigenvalue weighted by Crippen LogP contribution is 2.35. The van der Waals surface area contributed by atoms with Crippen LogP contribution in [0, 0.1) is 0 Å². The van der Waals surface area contributed by atoms with Gasteiger partial charge in [0.15, 0.2) is 0 Å². The number of fused-ring (bicyclic) bond motifs is 3. The van der Waals surface area contributed by atoms with E-state index in [-0.39, 0.29) is 0 Å². The first-order chi connectivity index (χ1) is 12.3. The highest BCUT2D eigenvalue weighted by atomic mass is 15.2. The van der Waals surface area contributed by atoms with Crippen LogP contribution >= 0.6 is 0 Å². The fourth-order valence-corrected chi connectivity index (χ4v) is 4.50. The van der Waals surface area contributed by atoms with Crippen molar-refractivity contribution < 1.29 is 0 Å². The van der Waals surface area contributed by atoms with E-state index < -0.39 is 0 Å². The van der Waals surface area contributed by atoms with Crippen LogP contribution in [-0.2, 0) is 0 Å². The van der Waals surface area contributed by atoms with E-state index in [1.165, 1.54) is 31.1 Å². The van der Waals surface area contributed by atoms with Crippen molar-refractivity contribution in [1.82, 2.24) is 19.9 Å². The molecule has 1 aromatic carbocycles. The standard InChI is InChI=1S/C20H23N5/c1-25-16-4-5-17(25)10-15(9-16)24-20-12-22-19(11-23-20)14-3-2-13-6-7-21-18(13)8-14/h2-3,6-8,11-12,15-17,21H,4-5,9-10H2,1H3,(H,23,24)/t15?,16-,17+. The Morgan fingerprint density at radius 3 is 2.68 bits per heavy atom. The largest absolute Gasteiger partial charge is 0.366 e. The zero-order chi connectivity index (χ0) is 16.8. The maximum atomic E-state index is 4.62. The number of nitrogens with zero attached hydrogens (tertiary/aromatic N) is 3. The number of H-pyrrole nitrogens is 1. The average Bonchev–Trinajstić information content (AvgIpc) is 3.16. The fourth-order valence-electron chi connectivity index (χ4n) is 4.50. The molecule has 5 nitrogen and oxygen atoms in total. The van der Waals surface area contributed by atoms with Crippen molar-refractivity contribution in [1.29, 1.82) is 0 Å². The lowest BCUT2D eigenvalue weighted by atomic mass is 9.98. The minimum absolute atomic E-state index is 0.518. The second kappa shape index (κ2) is 5.85. The number of aromatic amines is 1. The Morgan fingerprint density at radius 1 is 1.08 bits per heavy atom. The first kappa shape index (κ1) is 14.9. The number of nitrogens with one attached hydrogen (secondary N) is 2. The molecule has 0 spiro atoms. The first-order valence-corrected chi connectivity index (χ1v) is 9.14. The molecule has 2 aromatic heterocycles. The molecule has 0 radical (unpaired) electrons. The van der Waals surface area contributed by atoms with Crippen LogP contribution in [0.1, 0.15) is 25.7 Å². The zero-order valence-corrected chi connectivity index (χ0v) is 14.4. The third-order valence-electron chi connectivity index (χ3n) is 5.95. The molecule has 0 aliphatic carbocycles. The van der Waals surface area contributed by atoms with Crippen LogP contribution in [0.3, 0.4) is 0 Å². The molecule has 2 fully saturated rings. The van der Waals surface area contributed by atoms with Crippen LogP contribution in [0.15, 0.2) is 42.9 Å². The summed E-state index contributed by atoms with van der Waals surface area (Å²) in [5.74, 6) is 0.888. The molecule has 128 valence electrons. The number of anilines is 1. The van der Waals surface area contributed by atoms with Crippen molar-refractivity contribution in [3.05, 3.63) is 42.9 Å². The first-order valence-electron chi connectivity index (χ1n) is 9.14. The van der Waals surface area contributed by atoms with Gasteiger partial charge in [0.2, 0.25) is 0 Å². The van der Waals surface area contributed by atoms with Crippen molar-refractivity contribution in [2.75, 3.05) is 12.4 Å². The summed E-state index contributed by atoms with van der Waals surface area (Å²) < 4.78 is 0. The molecule has 2 aliphatic rings. The molecule has 0 saturated carbocycles. The van der Waals surface area contributed by atoms with E-state index >= 15 is 0 Å².